The molecular weight excluding hydrogens is 672 g/mol. The fourth-order valence-corrected chi connectivity index (χ4v) is 6.25. The molecule has 2 aromatic heterocycles. The van der Waals surface area contributed by atoms with Gasteiger partial charge in [0.25, 0.3) is 0 Å². The standard InChI is InChI=1S/C35H34ClF2N7O5/c1-48-22-9-8-21(27(18-22)50-3)20-45(34-39-11-5-12-40-34)13-10-28-41-32-23(33(42-28)43-14-16-44(17-15-43)35(46)47)19-24(36)29(31(32)38)30-25(37)6-4-7-26(30)49-2/h4-9,11-12,18-19H,10,13-17,20H2,1-3H3,(H,46,47). The second-order valence-electron chi connectivity index (χ2n) is 11.4. The summed E-state index contributed by atoms with van der Waals surface area (Å²) in [6, 6.07) is 12.9. The van der Waals surface area contributed by atoms with E-state index in [0.717, 1.165) is 5.56 Å². The second-order valence-corrected chi connectivity index (χ2v) is 11.8. The van der Waals surface area contributed by atoms with E-state index in [0.29, 0.717) is 60.7 Å². The summed E-state index contributed by atoms with van der Waals surface area (Å²) in [5.41, 5.74) is 0.472. The molecular formula is C35H34ClF2N7O5. The number of anilines is 2. The number of rotatable bonds is 11. The maximum absolute atomic E-state index is 16.7. The number of benzene rings is 3. The molecule has 1 saturated heterocycles. The van der Waals surface area contributed by atoms with Crippen LogP contribution in [0, 0.1) is 11.6 Å². The molecule has 3 heterocycles. The first-order chi connectivity index (χ1) is 24.2. The van der Waals surface area contributed by atoms with Crippen molar-refractivity contribution >= 4 is 40.4 Å². The highest BCUT2D eigenvalue weighted by molar-refractivity contribution is 6.34. The summed E-state index contributed by atoms with van der Waals surface area (Å²) in [7, 11) is 4.52. The Balaban J connectivity index is 1.43. The molecule has 0 unspecified atom stereocenters. The van der Waals surface area contributed by atoms with Crippen molar-refractivity contribution in [3.63, 3.8) is 0 Å². The molecule has 0 spiro atoms. The number of aromatic nitrogens is 4. The summed E-state index contributed by atoms with van der Waals surface area (Å²) in [4.78, 5) is 35.2. The van der Waals surface area contributed by atoms with Crippen LogP contribution in [-0.4, -0.2) is 90.1 Å². The Labute approximate surface area is 291 Å². The maximum Gasteiger partial charge on any atom is 0.407 e. The van der Waals surface area contributed by atoms with E-state index in [2.05, 4.69) is 15.0 Å². The quantitative estimate of drug-likeness (QED) is 0.172. The van der Waals surface area contributed by atoms with Crippen LogP contribution in [0.2, 0.25) is 5.02 Å². The summed E-state index contributed by atoms with van der Waals surface area (Å²) in [6.45, 7) is 1.73. The fraction of sp³-hybridized carbons (Fsp3) is 0.286. The third kappa shape index (κ3) is 6.97. The molecule has 6 rings (SSSR count). The van der Waals surface area contributed by atoms with Crippen molar-refractivity contribution in [2.45, 2.75) is 13.0 Å². The van der Waals surface area contributed by atoms with Gasteiger partial charge in [0.05, 0.1) is 31.9 Å². The minimum atomic E-state index is -1.02. The van der Waals surface area contributed by atoms with E-state index < -0.39 is 17.7 Å². The first kappa shape index (κ1) is 34.4. The lowest BCUT2D eigenvalue weighted by molar-refractivity contribution is 0.142. The van der Waals surface area contributed by atoms with Crippen molar-refractivity contribution in [2.24, 2.45) is 0 Å². The van der Waals surface area contributed by atoms with E-state index in [-0.39, 0.29) is 46.9 Å². The fourth-order valence-electron chi connectivity index (χ4n) is 5.96. The van der Waals surface area contributed by atoms with Gasteiger partial charge in [-0.25, -0.2) is 33.5 Å². The molecule has 3 aromatic carbocycles. The van der Waals surface area contributed by atoms with Gasteiger partial charge < -0.3 is 34.0 Å². The molecule has 1 aliphatic rings. The first-order valence-electron chi connectivity index (χ1n) is 15.7. The van der Waals surface area contributed by atoms with Crippen molar-refractivity contribution in [3.8, 4) is 28.4 Å². The number of nitrogens with zero attached hydrogens (tertiary/aromatic N) is 7. The molecule has 0 aliphatic carbocycles. The highest BCUT2D eigenvalue weighted by Crippen LogP contribution is 2.42. The van der Waals surface area contributed by atoms with Gasteiger partial charge in [-0.1, -0.05) is 17.7 Å². The van der Waals surface area contributed by atoms with Gasteiger partial charge in [0.1, 0.15) is 40.2 Å². The van der Waals surface area contributed by atoms with Crippen LogP contribution < -0.4 is 24.0 Å². The van der Waals surface area contributed by atoms with E-state index in [1.807, 2.05) is 21.9 Å². The van der Waals surface area contributed by atoms with Crippen molar-refractivity contribution in [1.82, 2.24) is 24.8 Å². The average molecular weight is 706 g/mol. The Bertz CT molecular complexity index is 2020. The molecule has 12 nitrogen and oxygen atoms in total. The number of methoxy groups -OCH3 is 3. The molecule has 0 radical (unpaired) electrons. The zero-order valence-corrected chi connectivity index (χ0v) is 28.3. The predicted octanol–water partition coefficient (Wildman–Crippen LogP) is 6.09. The number of halogens is 3. The van der Waals surface area contributed by atoms with Gasteiger partial charge in [-0.2, -0.15) is 0 Å². The Morgan fingerprint density at radius 2 is 1.66 bits per heavy atom. The van der Waals surface area contributed by atoms with Crippen LogP contribution in [-0.2, 0) is 13.0 Å². The van der Waals surface area contributed by atoms with Crippen LogP contribution in [0.4, 0.5) is 25.3 Å². The van der Waals surface area contributed by atoms with Crippen molar-refractivity contribution in [2.75, 3.05) is 63.9 Å². The smallest absolute Gasteiger partial charge is 0.407 e. The number of fused-ring (bicyclic) bond motifs is 1. The van der Waals surface area contributed by atoms with E-state index in [9.17, 15) is 9.90 Å². The van der Waals surface area contributed by atoms with Gasteiger partial charge in [-0.3, -0.25) is 0 Å². The summed E-state index contributed by atoms with van der Waals surface area (Å²) >= 11 is 6.69. The third-order valence-corrected chi connectivity index (χ3v) is 8.80. The van der Waals surface area contributed by atoms with Crippen LogP contribution in [0.3, 0.4) is 0 Å². The van der Waals surface area contributed by atoms with Crippen molar-refractivity contribution in [3.05, 3.63) is 89.0 Å². The Morgan fingerprint density at radius 1 is 0.920 bits per heavy atom. The maximum atomic E-state index is 16.7. The van der Waals surface area contributed by atoms with Gasteiger partial charge in [-0.15, -0.1) is 0 Å². The van der Waals surface area contributed by atoms with Crippen LogP contribution in [0.5, 0.6) is 17.2 Å². The summed E-state index contributed by atoms with van der Waals surface area (Å²) in [6.07, 6.45) is 2.49. The lowest BCUT2D eigenvalue weighted by Crippen LogP contribution is -2.48. The molecule has 50 heavy (non-hydrogen) atoms. The normalized spacial score (nSPS) is 13.0. The largest absolute Gasteiger partial charge is 0.497 e. The van der Waals surface area contributed by atoms with E-state index in [1.54, 1.807) is 38.7 Å². The second kappa shape index (κ2) is 14.9. The number of piperazine rings is 1. The predicted molar refractivity (Wildman–Crippen MR) is 185 cm³/mol. The Hall–Kier alpha value is -5.50. The van der Waals surface area contributed by atoms with Crippen LogP contribution >= 0.6 is 11.6 Å². The monoisotopic (exact) mass is 705 g/mol. The topological polar surface area (TPSA) is 126 Å². The molecule has 1 aliphatic heterocycles. The Morgan fingerprint density at radius 3 is 2.34 bits per heavy atom. The van der Waals surface area contributed by atoms with Crippen LogP contribution in [0.15, 0.2) is 60.9 Å². The van der Waals surface area contributed by atoms with E-state index >= 15 is 8.78 Å². The number of hydrogen-bond donors (Lipinski definition) is 1. The SMILES string of the molecule is COc1ccc(CN(CCc2nc(N3CCN(C(=O)O)CC3)c3cc(Cl)c(-c4c(F)cccc4OC)c(F)c3n2)c2ncccn2)c(OC)c1. The van der Waals surface area contributed by atoms with Gasteiger partial charge >= 0.3 is 6.09 Å². The van der Waals surface area contributed by atoms with Gasteiger partial charge in [0, 0.05) is 80.7 Å². The van der Waals surface area contributed by atoms with Crippen molar-refractivity contribution in [1.29, 1.82) is 0 Å². The lowest BCUT2D eigenvalue weighted by Gasteiger charge is -2.34. The summed E-state index contributed by atoms with van der Waals surface area (Å²) in [5, 5.41) is 9.77. The van der Waals surface area contributed by atoms with Crippen LogP contribution in [0.25, 0.3) is 22.0 Å². The van der Waals surface area contributed by atoms with Gasteiger partial charge in [0.2, 0.25) is 5.95 Å². The molecule has 0 saturated carbocycles. The third-order valence-electron chi connectivity index (χ3n) is 8.50. The summed E-state index contributed by atoms with van der Waals surface area (Å²) < 4.78 is 48.4. The number of amides is 1. The lowest BCUT2D eigenvalue weighted by atomic mass is 10.0. The van der Waals surface area contributed by atoms with Gasteiger partial charge in [0.15, 0.2) is 5.82 Å². The van der Waals surface area contributed by atoms with E-state index in [1.165, 1.54) is 36.3 Å². The number of carboxylic acid groups (broad SMARTS) is 1. The molecule has 1 fully saturated rings. The molecule has 1 N–H and O–H groups in total. The summed E-state index contributed by atoms with van der Waals surface area (Å²) in [5.74, 6) is 0.951. The molecule has 0 atom stereocenters. The minimum absolute atomic E-state index is 0.0546. The molecule has 1 amide bonds. The minimum Gasteiger partial charge on any atom is -0.497 e. The molecule has 5 aromatic rings. The average Bonchev–Trinajstić information content (AvgIpc) is 3.14. The highest BCUT2D eigenvalue weighted by Gasteiger charge is 2.28. The van der Waals surface area contributed by atoms with Crippen molar-refractivity contribution < 1.29 is 32.9 Å². The number of ether oxygens (including phenoxy) is 3. The van der Waals surface area contributed by atoms with Crippen LogP contribution in [0.1, 0.15) is 11.4 Å². The Kier molecular flexibility index (Phi) is 10.3. The zero-order chi connectivity index (χ0) is 35.4. The van der Waals surface area contributed by atoms with Gasteiger partial charge in [-0.05, 0) is 36.4 Å². The zero-order valence-electron chi connectivity index (χ0n) is 27.6. The first-order valence-corrected chi connectivity index (χ1v) is 16.1. The number of carbonyl (C=O) groups is 1. The number of hydrogen-bond acceptors (Lipinski definition) is 10. The van der Waals surface area contributed by atoms with E-state index in [4.69, 9.17) is 30.8 Å². The highest BCUT2D eigenvalue weighted by atomic mass is 35.5. The molecule has 0 bridgehead atoms. The molecule has 15 heteroatoms. The molecule has 260 valence electrons.